The van der Waals surface area contributed by atoms with Crippen LogP contribution in [0.15, 0.2) is 24.4 Å². The van der Waals surface area contributed by atoms with Crippen molar-refractivity contribution in [3.63, 3.8) is 0 Å². The van der Waals surface area contributed by atoms with E-state index in [1.54, 1.807) is 0 Å². The van der Waals surface area contributed by atoms with Crippen molar-refractivity contribution in [1.29, 1.82) is 0 Å². The molecule has 1 atom stereocenters. The molecule has 2 aromatic heterocycles. The molecule has 0 bridgehead atoms. The molecule has 2 aromatic rings. The summed E-state index contributed by atoms with van der Waals surface area (Å²) in [7, 11) is 0. The summed E-state index contributed by atoms with van der Waals surface area (Å²) in [6.07, 6.45) is 2.00. The van der Waals surface area contributed by atoms with Gasteiger partial charge in [-0.2, -0.15) is 0 Å². The first-order chi connectivity index (χ1) is 7.68. The van der Waals surface area contributed by atoms with Crippen LogP contribution in [0.2, 0.25) is 0 Å². The monoisotopic (exact) mass is 254 g/mol. The maximum atomic E-state index is 4.22. The average Bonchev–Trinajstić information content (AvgIpc) is 2.69. The van der Waals surface area contributed by atoms with Gasteiger partial charge in [0.1, 0.15) is 0 Å². The smallest absolute Gasteiger partial charge is 0.160 e. The summed E-state index contributed by atoms with van der Waals surface area (Å²) in [5, 5.41) is 11.8. The molecular weight excluding hydrogens is 236 g/mol. The topological polar surface area (TPSA) is 42.2 Å². The SMILES string of the molecule is CC(C)CNC(C)c1nnc2ccccn12.Cl. The molecule has 2 heterocycles. The fourth-order valence-corrected chi connectivity index (χ4v) is 1.66. The summed E-state index contributed by atoms with van der Waals surface area (Å²) in [5.74, 6) is 1.61. The van der Waals surface area contributed by atoms with Gasteiger partial charge in [0.25, 0.3) is 0 Å². The Labute approximate surface area is 108 Å². The molecule has 0 aliphatic heterocycles. The Morgan fingerprint density at radius 2 is 2.00 bits per heavy atom. The van der Waals surface area contributed by atoms with E-state index in [4.69, 9.17) is 0 Å². The fraction of sp³-hybridized carbons (Fsp3) is 0.500. The molecule has 4 nitrogen and oxygen atoms in total. The normalized spacial score (nSPS) is 12.7. The van der Waals surface area contributed by atoms with Gasteiger partial charge >= 0.3 is 0 Å². The van der Waals surface area contributed by atoms with Gasteiger partial charge in [-0.3, -0.25) is 4.40 Å². The van der Waals surface area contributed by atoms with E-state index in [2.05, 4.69) is 36.3 Å². The van der Waals surface area contributed by atoms with Gasteiger partial charge in [0.2, 0.25) is 0 Å². The summed E-state index contributed by atoms with van der Waals surface area (Å²) in [6, 6.07) is 6.15. The molecule has 0 aromatic carbocycles. The Morgan fingerprint density at radius 1 is 1.24 bits per heavy atom. The number of aromatic nitrogens is 3. The first-order valence-corrected chi connectivity index (χ1v) is 5.71. The maximum absolute atomic E-state index is 4.22. The van der Waals surface area contributed by atoms with Crippen LogP contribution < -0.4 is 5.32 Å². The van der Waals surface area contributed by atoms with Crippen LogP contribution in [0.1, 0.15) is 32.6 Å². The quantitative estimate of drug-likeness (QED) is 0.912. The van der Waals surface area contributed by atoms with Gasteiger partial charge in [0.05, 0.1) is 6.04 Å². The van der Waals surface area contributed by atoms with E-state index in [1.165, 1.54) is 0 Å². The molecule has 0 fully saturated rings. The molecule has 5 heteroatoms. The van der Waals surface area contributed by atoms with E-state index >= 15 is 0 Å². The van der Waals surface area contributed by atoms with Crippen LogP contribution in [0.5, 0.6) is 0 Å². The number of hydrogen-bond acceptors (Lipinski definition) is 3. The van der Waals surface area contributed by atoms with Crippen molar-refractivity contribution in [2.75, 3.05) is 6.54 Å². The molecule has 0 spiro atoms. The van der Waals surface area contributed by atoms with Crippen molar-refractivity contribution in [3.8, 4) is 0 Å². The maximum Gasteiger partial charge on any atom is 0.160 e. The van der Waals surface area contributed by atoms with Gasteiger partial charge in [-0.1, -0.05) is 19.9 Å². The zero-order valence-electron chi connectivity index (χ0n) is 10.4. The van der Waals surface area contributed by atoms with Crippen LogP contribution in [-0.4, -0.2) is 21.1 Å². The minimum atomic E-state index is 0. The minimum absolute atomic E-state index is 0. The molecule has 2 rings (SSSR count). The van der Waals surface area contributed by atoms with Gasteiger partial charge in [0, 0.05) is 6.20 Å². The number of pyridine rings is 1. The van der Waals surface area contributed by atoms with E-state index in [9.17, 15) is 0 Å². The van der Waals surface area contributed by atoms with Crippen LogP contribution in [-0.2, 0) is 0 Å². The number of hydrogen-bond donors (Lipinski definition) is 1. The highest BCUT2D eigenvalue weighted by Gasteiger charge is 2.12. The molecule has 0 aliphatic carbocycles. The molecule has 0 saturated carbocycles. The van der Waals surface area contributed by atoms with Gasteiger partial charge in [-0.25, -0.2) is 0 Å². The summed E-state index contributed by atoms with van der Waals surface area (Å²) in [4.78, 5) is 0. The highest BCUT2D eigenvalue weighted by atomic mass is 35.5. The summed E-state index contributed by atoms with van der Waals surface area (Å²) in [5.41, 5.74) is 0.899. The number of fused-ring (bicyclic) bond motifs is 1. The van der Waals surface area contributed by atoms with Gasteiger partial charge in [-0.15, -0.1) is 22.6 Å². The molecule has 94 valence electrons. The van der Waals surface area contributed by atoms with E-state index in [1.807, 2.05) is 28.8 Å². The first kappa shape index (κ1) is 13.9. The second-order valence-electron chi connectivity index (χ2n) is 4.51. The lowest BCUT2D eigenvalue weighted by atomic mass is 10.2. The van der Waals surface area contributed by atoms with Crippen molar-refractivity contribution >= 4 is 18.1 Å². The molecule has 1 N–H and O–H groups in total. The molecular formula is C12H19ClN4. The molecule has 0 amide bonds. The van der Waals surface area contributed by atoms with Crippen LogP contribution in [0.4, 0.5) is 0 Å². The number of nitrogens with zero attached hydrogens (tertiary/aromatic N) is 3. The Morgan fingerprint density at radius 3 is 2.71 bits per heavy atom. The van der Waals surface area contributed by atoms with Crippen LogP contribution in [0.3, 0.4) is 0 Å². The van der Waals surface area contributed by atoms with E-state index in [-0.39, 0.29) is 18.4 Å². The fourth-order valence-electron chi connectivity index (χ4n) is 1.66. The van der Waals surface area contributed by atoms with Gasteiger partial charge in [0.15, 0.2) is 11.5 Å². The highest BCUT2D eigenvalue weighted by Crippen LogP contribution is 2.11. The third-order valence-electron chi connectivity index (χ3n) is 2.56. The van der Waals surface area contributed by atoms with Crippen molar-refractivity contribution in [2.24, 2.45) is 5.92 Å². The van der Waals surface area contributed by atoms with Crippen molar-refractivity contribution in [3.05, 3.63) is 30.2 Å². The second kappa shape index (κ2) is 5.98. The molecule has 17 heavy (non-hydrogen) atoms. The van der Waals surface area contributed by atoms with Crippen molar-refractivity contribution in [2.45, 2.75) is 26.8 Å². The lowest BCUT2D eigenvalue weighted by molar-refractivity contribution is 0.479. The second-order valence-corrected chi connectivity index (χ2v) is 4.51. The van der Waals surface area contributed by atoms with Crippen LogP contribution in [0.25, 0.3) is 5.65 Å². The zero-order valence-corrected chi connectivity index (χ0v) is 11.2. The number of halogens is 1. The Kier molecular flexibility index (Phi) is 4.90. The molecule has 1 unspecified atom stereocenters. The van der Waals surface area contributed by atoms with Crippen molar-refractivity contribution in [1.82, 2.24) is 19.9 Å². The first-order valence-electron chi connectivity index (χ1n) is 5.71. The number of nitrogens with one attached hydrogen (secondary N) is 1. The predicted molar refractivity (Wildman–Crippen MR) is 71.5 cm³/mol. The summed E-state index contributed by atoms with van der Waals surface area (Å²) < 4.78 is 2.03. The molecule has 0 saturated heterocycles. The van der Waals surface area contributed by atoms with Crippen molar-refractivity contribution < 1.29 is 0 Å². The highest BCUT2D eigenvalue weighted by molar-refractivity contribution is 5.85. The molecule has 0 radical (unpaired) electrons. The van der Waals surface area contributed by atoms with Crippen LogP contribution >= 0.6 is 12.4 Å². The summed E-state index contributed by atoms with van der Waals surface area (Å²) >= 11 is 0. The third kappa shape index (κ3) is 3.17. The lowest BCUT2D eigenvalue weighted by Crippen LogP contribution is -2.24. The number of rotatable bonds is 4. The Bertz CT molecular complexity index is 466. The minimum Gasteiger partial charge on any atom is -0.307 e. The standard InChI is InChI=1S/C12H18N4.ClH/c1-9(2)8-13-10(3)12-15-14-11-6-4-5-7-16(11)12;/h4-7,9-10,13H,8H2,1-3H3;1H. The van der Waals surface area contributed by atoms with E-state index in [0.717, 1.165) is 18.0 Å². The zero-order chi connectivity index (χ0) is 11.5. The summed E-state index contributed by atoms with van der Waals surface area (Å²) in [6.45, 7) is 7.50. The Balaban J connectivity index is 0.00000144. The predicted octanol–water partition coefficient (Wildman–Crippen LogP) is 2.46. The molecule has 0 aliphatic rings. The lowest BCUT2D eigenvalue weighted by Gasteiger charge is -2.13. The van der Waals surface area contributed by atoms with E-state index in [0.29, 0.717) is 5.92 Å². The van der Waals surface area contributed by atoms with E-state index < -0.39 is 0 Å². The average molecular weight is 255 g/mol. The van der Waals surface area contributed by atoms with Gasteiger partial charge in [-0.05, 0) is 31.5 Å². The largest absolute Gasteiger partial charge is 0.307 e. The Hall–Kier alpha value is -1.13. The van der Waals surface area contributed by atoms with Gasteiger partial charge < -0.3 is 5.32 Å². The van der Waals surface area contributed by atoms with Crippen LogP contribution in [0, 0.1) is 5.92 Å². The third-order valence-corrected chi connectivity index (χ3v) is 2.56.